The van der Waals surface area contributed by atoms with Crippen molar-refractivity contribution in [3.63, 3.8) is 0 Å². The lowest BCUT2D eigenvalue weighted by molar-refractivity contribution is -0.139. The molecule has 0 saturated heterocycles. The standard InChI is InChI=1S/C18H18ClN3O4/c1-25-15-8-5-13(16(9-15)26-2)11-21-22-18(24)17(23)20-10-12-3-6-14(19)7-4-12/h3-9,11H,10H2,1-2H3,(H,20,23)(H,22,24)/b21-11+. The molecule has 8 heteroatoms. The number of hydrogen-bond acceptors (Lipinski definition) is 5. The molecule has 0 aliphatic heterocycles. The van der Waals surface area contributed by atoms with E-state index in [1.165, 1.54) is 13.3 Å². The van der Waals surface area contributed by atoms with Gasteiger partial charge in [-0.15, -0.1) is 0 Å². The number of rotatable bonds is 6. The molecular weight excluding hydrogens is 358 g/mol. The van der Waals surface area contributed by atoms with Crippen LogP contribution in [0.2, 0.25) is 5.02 Å². The predicted molar refractivity (Wildman–Crippen MR) is 98.6 cm³/mol. The first-order valence-electron chi connectivity index (χ1n) is 7.61. The van der Waals surface area contributed by atoms with Crippen LogP contribution in [0.4, 0.5) is 0 Å². The molecule has 0 spiro atoms. The van der Waals surface area contributed by atoms with Crippen LogP contribution in [-0.4, -0.2) is 32.2 Å². The fourth-order valence-corrected chi connectivity index (χ4v) is 2.13. The van der Waals surface area contributed by atoms with Crippen molar-refractivity contribution in [3.05, 3.63) is 58.6 Å². The first kappa shape index (κ1) is 19.3. The van der Waals surface area contributed by atoms with Gasteiger partial charge in [-0.1, -0.05) is 23.7 Å². The first-order chi connectivity index (χ1) is 12.5. The van der Waals surface area contributed by atoms with Gasteiger partial charge in [-0.05, 0) is 29.8 Å². The van der Waals surface area contributed by atoms with Gasteiger partial charge in [-0.25, -0.2) is 5.43 Å². The maximum absolute atomic E-state index is 11.8. The molecule has 7 nitrogen and oxygen atoms in total. The molecule has 0 saturated carbocycles. The largest absolute Gasteiger partial charge is 0.497 e. The average Bonchev–Trinajstić information content (AvgIpc) is 2.67. The molecule has 2 aromatic carbocycles. The number of methoxy groups -OCH3 is 2. The van der Waals surface area contributed by atoms with Gasteiger partial charge in [0.15, 0.2) is 0 Å². The van der Waals surface area contributed by atoms with E-state index in [1.54, 1.807) is 49.6 Å². The molecule has 0 aliphatic rings. The molecule has 136 valence electrons. The van der Waals surface area contributed by atoms with Crippen LogP contribution in [0.15, 0.2) is 47.6 Å². The van der Waals surface area contributed by atoms with Crippen molar-refractivity contribution in [1.82, 2.24) is 10.7 Å². The van der Waals surface area contributed by atoms with E-state index in [2.05, 4.69) is 15.8 Å². The van der Waals surface area contributed by atoms with Crippen molar-refractivity contribution >= 4 is 29.6 Å². The average molecular weight is 376 g/mol. The summed E-state index contributed by atoms with van der Waals surface area (Å²) in [5, 5.41) is 6.86. The van der Waals surface area contributed by atoms with Crippen LogP contribution in [-0.2, 0) is 16.1 Å². The van der Waals surface area contributed by atoms with E-state index in [9.17, 15) is 9.59 Å². The Bertz CT molecular complexity index is 807. The lowest BCUT2D eigenvalue weighted by Crippen LogP contribution is -2.37. The molecular formula is C18H18ClN3O4. The van der Waals surface area contributed by atoms with E-state index < -0.39 is 11.8 Å². The van der Waals surface area contributed by atoms with E-state index in [0.29, 0.717) is 22.1 Å². The number of ether oxygens (including phenoxy) is 2. The third-order valence-corrected chi connectivity index (χ3v) is 3.63. The second kappa shape index (κ2) is 9.43. The highest BCUT2D eigenvalue weighted by molar-refractivity contribution is 6.35. The van der Waals surface area contributed by atoms with Crippen molar-refractivity contribution in [1.29, 1.82) is 0 Å². The van der Waals surface area contributed by atoms with Crippen molar-refractivity contribution in [3.8, 4) is 11.5 Å². The summed E-state index contributed by atoms with van der Waals surface area (Å²) in [6.45, 7) is 0.208. The maximum Gasteiger partial charge on any atom is 0.329 e. The number of carbonyl (C=O) groups excluding carboxylic acids is 2. The zero-order chi connectivity index (χ0) is 18.9. The smallest absolute Gasteiger partial charge is 0.329 e. The van der Waals surface area contributed by atoms with Gasteiger partial charge < -0.3 is 14.8 Å². The minimum Gasteiger partial charge on any atom is -0.497 e. The van der Waals surface area contributed by atoms with Gasteiger partial charge >= 0.3 is 11.8 Å². The quantitative estimate of drug-likeness (QED) is 0.460. The van der Waals surface area contributed by atoms with Gasteiger partial charge in [0.1, 0.15) is 11.5 Å². The van der Waals surface area contributed by atoms with E-state index in [-0.39, 0.29) is 6.54 Å². The number of benzene rings is 2. The Kier molecular flexibility index (Phi) is 6.99. The molecule has 0 bridgehead atoms. The summed E-state index contributed by atoms with van der Waals surface area (Å²) in [6, 6.07) is 12.1. The molecule has 0 aliphatic carbocycles. The summed E-state index contributed by atoms with van der Waals surface area (Å²) >= 11 is 5.79. The fraction of sp³-hybridized carbons (Fsp3) is 0.167. The zero-order valence-electron chi connectivity index (χ0n) is 14.3. The SMILES string of the molecule is COc1ccc(/C=N/NC(=O)C(=O)NCc2ccc(Cl)cc2)c(OC)c1. The highest BCUT2D eigenvalue weighted by Gasteiger charge is 2.12. The number of nitrogens with one attached hydrogen (secondary N) is 2. The Labute approximate surface area is 155 Å². The molecule has 2 N–H and O–H groups in total. The highest BCUT2D eigenvalue weighted by Crippen LogP contribution is 2.22. The summed E-state index contributed by atoms with van der Waals surface area (Å²) in [5.74, 6) is -0.513. The lowest BCUT2D eigenvalue weighted by Gasteiger charge is -2.07. The zero-order valence-corrected chi connectivity index (χ0v) is 15.0. The van der Waals surface area contributed by atoms with Gasteiger partial charge in [0.25, 0.3) is 0 Å². The Morgan fingerprint density at radius 1 is 1.08 bits per heavy atom. The van der Waals surface area contributed by atoms with Crippen LogP contribution in [0, 0.1) is 0 Å². The highest BCUT2D eigenvalue weighted by atomic mass is 35.5. The maximum atomic E-state index is 11.8. The van der Waals surface area contributed by atoms with Crippen LogP contribution in [0.5, 0.6) is 11.5 Å². The van der Waals surface area contributed by atoms with E-state index in [1.807, 2.05) is 0 Å². The van der Waals surface area contributed by atoms with Crippen LogP contribution >= 0.6 is 11.6 Å². The van der Waals surface area contributed by atoms with Gasteiger partial charge in [-0.2, -0.15) is 5.10 Å². The van der Waals surface area contributed by atoms with E-state index in [0.717, 1.165) is 5.56 Å². The Morgan fingerprint density at radius 3 is 2.46 bits per heavy atom. The molecule has 0 heterocycles. The van der Waals surface area contributed by atoms with Crippen molar-refractivity contribution in [2.24, 2.45) is 5.10 Å². The molecule has 26 heavy (non-hydrogen) atoms. The van der Waals surface area contributed by atoms with Gasteiger partial charge in [0, 0.05) is 23.2 Å². The molecule has 2 rings (SSSR count). The van der Waals surface area contributed by atoms with Gasteiger partial charge in [-0.3, -0.25) is 9.59 Å². The van der Waals surface area contributed by atoms with Gasteiger partial charge in [0.05, 0.1) is 20.4 Å². The van der Waals surface area contributed by atoms with Crippen molar-refractivity contribution in [2.75, 3.05) is 14.2 Å². The van der Waals surface area contributed by atoms with Gasteiger partial charge in [0.2, 0.25) is 0 Å². The Balaban J connectivity index is 1.88. The number of hydrazone groups is 1. The fourth-order valence-electron chi connectivity index (χ4n) is 2.00. The number of nitrogens with zero attached hydrogens (tertiary/aromatic N) is 1. The van der Waals surface area contributed by atoms with Crippen molar-refractivity contribution < 1.29 is 19.1 Å². The molecule has 2 aromatic rings. The topological polar surface area (TPSA) is 89.0 Å². The summed E-state index contributed by atoms with van der Waals surface area (Å²) in [5.41, 5.74) is 3.61. The summed E-state index contributed by atoms with van der Waals surface area (Å²) in [4.78, 5) is 23.5. The second-order valence-corrected chi connectivity index (χ2v) is 5.55. The molecule has 0 fully saturated rings. The Hall–Kier alpha value is -3.06. The predicted octanol–water partition coefficient (Wildman–Crippen LogP) is 2.12. The monoisotopic (exact) mass is 375 g/mol. The minimum absolute atomic E-state index is 0.208. The summed E-state index contributed by atoms with van der Waals surface area (Å²) < 4.78 is 10.3. The normalized spacial score (nSPS) is 10.4. The summed E-state index contributed by atoms with van der Waals surface area (Å²) in [6.07, 6.45) is 1.38. The molecule has 0 atom stereocenters. The lowest BCUT2D eigenvalue weighted by atomic mass is 10.2. The molecule has 0 unspecified atom stereocenters. The minimum atomic E-state index is -0.873. The number of hydrogen-bond donors (Lipinski definition) is 2. The van der Waals surface area contributed by atoms with Crippen LogP contribution in [0.3, 0.4) is 0 Å². The first-order valence-corrected chi connectivity index (χ1v) is 7.99. The van der Waals surface area contributed by atoms with E-state index >= 15 is 0 Å². The van der Waals surface area contributed by atoms with E-state index in [4.69, 9.17) is 21.1 Å². The Morgan fingerprint density at radius 2 is 1.81 bits per heavy atom. The van der Waals surface area contributed by atoms with Crippen LogP contribution in [0.1, 0.15) is 11.1 Å². The van der Waals surface area contributed by atoms with Crippen LogP contribution in [0.25, 0.3) is 0 Å². The summed E-state index contributed by atoms with van der Waals surface area (Å²) in [7, 11) is 3.06. The van der Waals surface area contributed by atoms with Crippen LogP contribution < -0.4 is 20.2 Å². The number of carbonyl (C=O) groups is 2. The third-order valence-electron chi connectivity index (χ3n) is 3.38. The molecule has 2 amide bonds. The number of halogens is 1. The molecule has 0 radical (unpaired) electrons. The third kappa shape index (κ3) is 5.49. The second-order valence-electron chi connectivity index (χ2n) is 5.12. The van der Waals surface area contributed by atoms with Crippen molar-refractivity contribution in [2.45, 2.75) is 6.54 Å². The number of amides is 2. The molecule has 0 aromatic heterocycles.